The maximum atomic E-state index is 4.67. The summed E-state index contributed by atoms with van der Waals surface area (Å²) in [7, 11) is 0. The van der Waals surface area contributed by atoms with Gasteiger partial charge in [-0.15, -0.1) is 0 Å². The van der Waals surface area contributed by atoms with E-state index in [4.69, 9.17) is 0 Å². The largest absolute Gasteiger partial charge is 0.281 e. The van der Waals surface area contributed by atoms with Crippen LogP contribution in [0, 0.1) is 12.0 Å². The average Bonchev–Trinajstić information content (AvgIpc) is 2.19. The van der Waals surface area contributed by atoms with Crippen LogP contribution in [0.5, 0.6) is 0 Å². The van der Waals surface area contributed by atoms with Crippen molar-refractivity contribution in [3.8, 4) is 12.0 Å². The van der Waals surface area contributed by atoms with E-state index in [0.717, 1.165) is 12.8 Å². The van der Waals surface area contributed by atoms with Crippen molar-refractivity contribution in [1.82, 2.24) is 0 Å². The first-order valence-electron chi connectivity index (χ1n) is 2.76. The van der Waals surface area contributed by atoms with Crippen LogP contribution in [0.3, 0.4) is 0 Å². The fourth-order valence-electron chi connectivity index (χ4n) is 0.578. The van der Waals surface area contributed by atoms with Gasteiger partial charge in [-0.25, -0.2) is 0 Å². The molecule has 0 saturated carbocycles. The summed E-state index contributed by atoms with van der Waals surface area (Å²) in [5.41, 5.74) is 0. The van der Waals surface area contributed by atoms with E-state index < -0.39 is 0 Å². The fraction of sp³-hybridized carbons (Fsp3) is 0.667. The Bertz CT molecular complexity index is 120. The summed E-state index contributed by atoms with van der Waals surface area (Å²) in [6, 6.07) is 0. The summed E-state index contributed by atoms with van der Waals surface area (Å²) in [5, 5.41) is 0. The van der Waals surface area contributed by atoms with Gasteiger partial charge in [0.1, 0.15) is 0 Å². The lowest BCUT2D eigenvalue weighted by molar-refractivity contribution is -0.245. The smallest absolute Gasteiger partial charge is 0.169 e. The fourth-order valence-corrected chi connectivity index (χ4v) is 0.578. The molecular formula is C6H8O2. The molecule has 1 aliphatic heterocycles. The Morgan fingerprint density at radius 1 is 1.62 bits per heavy atom. The van der Waals surface area contributed by atoms with E-state index in [1.165, 1.54) is 0 Å². The molecule has 0 amide bonds. The predicted molar refractivity (Wildman–Crippen MR) is 28.6 cm³/mol. The topological polar surface area (TPSA) is 18.5 Å². The van der Waals surface area contributed by atoms with Crippen molar-refractivity contribution in [2.24, 2.45) is 0 Å². The molecule has 0 N–H and O–H groups in total. The van der Waals surface area contributed by atoms with Crippen LogP contribution in [-0.4, -0.2) is 6.10 Å². The van der Waals surface area contributed by atoms with Crippen LogP contribution in [0.1, 0.15) is 19.8 Å². The van der Waals surface area contributed by atoms with E-state index in [0.29, 0.717) is 0 Å². The van der Waals surface area contributed by atoms with Crippen LogP contribution >= 0.6 is 0 Å². The van der Waals surface area contributed by atoms with Gasteiger partial charge in [0.25, 0.3) is 0 Å². The number of rotatable bonds is 2. The summed E-state index contributed by atoms with van der Waals surface area (Å²) in [6.45, 7) is 2.09. The maximum absolute atomic E-state index is 4.67. The molecule has 2 heteroatoms. The number of hydrogen-bond acceptors (Lipinski definition) is 2. The Balaban J connectivity index is 2.20. The second kappa shape index (κ2) is 2.58. The monoisotopic (exact) mass is 112 g/mol. The molecule has 0 spiro atoms. The van der Waals surface area contributed by atoms with Crippen molar-refractivity contribution in [2.45, 2.75) is 25.9 Å². The summed E-state index contributed by atoms with van der Waals surface area (Å²) in [6.07, 6.45) is 4.46. The minimum Gasteiger partial charge on any atom is -0.281 e. The molecule has 0 radical (unpaired) electrons. The van der Waals surface area contributed by atoms with Gasteiger partial charge < -0.3 is 0 Å². The van der Waals surface area contributed by atoms with Crippen LogP contribution in [0.2, 0.25) is 0 Å². The lowest BCUT2D eigenvalue weighted by Gasteiger charge is -1.98. The summed E-state index contributed by atoms with van der Waals surface area (Å²) in [5.74, 6) is 2.76. The van der Waals surface area contributed by atoms with Crippen molar-refractivity contribution in [3.63, 3.8) is 0 Å². The highest BCUT2D eigenvalue weighted by Crippen LogP contribution is 2.04. The molecule has 0 aliphatic carbocycles. The standard InChI is InChI=1S/C6H8O2/c1-2-3-6-4-5-7-8-6/h6H,2-3H2,1H3. The lowest BCUT2D eigenvalue weighted by Crippen LogP contribution is -2.02. The van der Waals surface area contributed by atoms with Crippen LogP contribution in [-0.2, 0) is 9.78 Å². The maximum Gasteiger partial charge on any atom is 0.169 e. The van der Waals surface area contributed by atoms with E-state index in [9.17, 15) is 0 Å². The predicted octanol–water partition coefficient (Wildman–Crippen LogP) is 1.08. The molecule has 1 unspecified atom stereocenters. The normalized spacial score (nSPS) is 23.9. The van der Waals surface area contributed by atoms with E-state index in [1.54, 1.807) is 0 Å². The molecule has 2 nitrogen and oxygen atoms in total. The zero-order valence-corrected chi connectivity index (χ0v) is 4.81. The van der Waals surface area contributed by atoms with Gasteiger partial charge in [-0.3, -0.25) is 4.89 Å². The lowest BCUT2D eigenvalue weighted by atomic mass is 10.2. The average molecular weight is 112 g/mol. The minimum absolute atomic E-state index is 0.0278. The van der Waals surface area contributed by atoms with Gasteiger partial charge in [0.15, 0.2) is 12.2 Å². The van der Waals surface area contributed by atoms with Crippen molar-refractivity contribution < 1.29 is 9.78 Å². The Morgan fingerprint density at radius 3 is 3.00 bits per heavy atom. The molecule has 1 heterocycles. The highest BCUT2D eigenvalue weighted by atomic mass is 17.2. The van der Waals surface area contributed by atoms with Crippen LogP contribution in [0.15, 0.2) is 0 Å². The molecule has 0 aromatic heterocycles. The van der Waals surface area contributed by atoms with Crippen LogP contribution in [0.4, 0.5) is 0 Å². The zero-order valence-electron chi connectivity index (χ0n) is 4.81. The van der Waals surface area contributed by atoms with E-state index in [2.05, 4.69) is 28.7 Å². The zero-order chi connectivity index (χ0) is 5.82. The molecule has 0 aromatic rings. The molecule has 0 fully saturated rings. The van der Waals surface area contributed by atoms with E-state index >= 15 is 0 Å². The van der Waals surface area contributed by atoms with Crippen LogP contribution in [0.25, 0.3) is 0 Å². The summed E-state index contributed by atoms with van der Waals surface area (Å²) >= 11 is 0. The first-order chi connectivity index (χ1) is 3.93. The second-order valence-corrected chi connectivity index (χ2v) is 1.70. The highest BCUT2D eigenvalue weighted by molar-refractivity contribution is 5.01. The third-order valence-electron chi connectivity index (χ3n) is 0.977. The molecule has 8 heavy (non-hydrogen) atoms. The molecule has 0 aromatic carbocycles. The van der Waals surface area contributed by atoms with Gasteiger partial charge in [0.05, 0.1) is 0 Å². The second-order valence-electron chi connectivity index (χ2n) is 1.70. The molecule has 0 bridgehead atoms. The Morgan fingerprint density at radius 2 is 2.50 bits per heavy atom. The molecule has 1 atom stereocenters. The quantitative estimate of drug-likeness (QED) is 0.393. The van der Waals surface area contributed by atoms with Gasteiger partial charge >= 0.3 is 0 Å². The van der Waals surface area contributed by atoms with Gasteiger partial charge in [-0.05, 0) is 12.3 Å². The Hall–Kier alpha value is -0.680. The molecular weight excluding hydrogens is 104 g/mol. The third kappa shape index (κ3) is 1.14. The summed E-state index contributed by atoms with van der Waals surface area (Å²) in [4.78, 5) is 9.02. The van der Waals surface area contributed by atoms with Gasteiger partial charge in [0.2, 0.25) is 0 Å². The third-order valence-corrected chi connectivity index (χ3v) is 0.977. The van der Waals surface area contributed by atoms with Crippen LogP contribution < -0.4 is 0 Å². The minimum atomic E-state index is 0.0278. The molecule has 0 saturated heterocycles. The van der Waals surface area contributed by atoms with Gasteiger partial charge in [0, 0.05) is 0 Å². The SMILES string of the molecule is CCCC1C#COO1. The van der Waals surface area contributed by atoms with Gasteiger partial charge in [-0.1, -0.05) is 13.3 Å². The van der Waals surface area contributed by atoms with Crippen molar-refractivity contribution >= 4 is 0 Å². The Labute approximate surface area is 48.7 Å². The van der Waals surface area contributed by atoms with E-state index in [-0.39, 0.29) is 6.10 Å². The van der Waals surface area contributed by atoms with Crippen molar-refractivity contribution in [3.05, 3.63) is 0 Å². The van der Waals surface area contributed by atoms with Gasteiger partial charge in [-0.2, -0.15) is 4.89 Å². The first kappa shape index (κ1) is 5.46. The summed E-state index contributed by atoms with van der Waals surface area (Å²) < 4.78 is 0. The van der Waals surface area contributed by atoms with Crippen molar-refractivity contribution in [2.75, 3.05) is 0 Å². The van der Waals surface area contributed by atoms with E-state index in [1.807, 2.05) is 0 Å². The van der Waals surface area contributed by atoms with Crippen molar-refractivity contribution in [1.29, 1.82) is 0 Å². The highest BCUT2D eigenvalue weighted by Gasteiger charge is 2.08. The molecule has 1 rings (SSSR count). The number of hydrogen-bond donors (Lipinski definition) is 0. The Kier molecular flexibility index (Phi) is 1.76. The first-order valence-corrected chi connectivity index (χ1v) is 2.76. The molecule has 1 aliphatic rings. The molecule has 44 valence electrons.